The first kappa shape index (κ1) is 10.7. The molecule has 0 radical (unpaired) electrons. The van der Waals surface area contributed by atoms with E-state index in [1.807, 2.05) is 6.08 Å². The van der Waals surface area contributed by atoms with E-state index in [1.54, 1.807) is 0 Å². The number of hydrogen-bond acceptors (Lipinski definition) is 1. The second kappa shape index (κ2) is 7.80. The fourth-order valence-corrected chi connectivity index (χ4v) is 1.33. The molecule has 0 saturated carbocycles. The Hall–Kier alpha value is -0.300. The molecule has 0 bridgehead atoms. The maximum atomic E-state index is 8.56. The van der Waals surface area contributed by atoms with Crippen molar-refractivity contribution in [3.05, 3.63) is 12.2 Å². The molecule has 0 amide bonds. The van der Waals surface area contributed by atoms with Gasteiger partial charge in [0.2, 0.25) is 0 Å². The van der Waals surface area contributed by atoms with Gasteiger partial charge in [0.15, 0.2) is 0 Å². The monoisotopic (exact) mass is 156 g/mol. The molecule has 0 rings (SSSR count). The smallest absolute Gasteiger partial charge is 0.0612 e. The Bertz CT molecular complexity index is 91.0. The molecule has 0 unspecified atom stereocenters. The topological polar surface area (TPSA) is 20.2 Å². The van der Waals surface area contributed by atoms with Crippen LogP contribution in [-0.4, -0.2) is 11.7 Å². The number of hydrogen-bond donors (Lipinski definition) is 1. The average Bonchev–Trinajstić information content (AvgIpc) is 2.01. The van der Waals surface area contributed by atoms with Crippen LogP contribution in [0.2, 0.25) is 0 Å². The average molecular weight is 156 g/mol. The molecule has 11 heavy (non-hydrogen) atoms. The summed E-state index contributed by atoms with van der Waals surface area (Å²) in [5, 5.41) is 8.56. The van der Waals surface area contributed by atoms with Gasteiger partial charge < -0.3 is 5.11 Å². The zero-order chi connectivity index (χ0) is 8.53. The molecular formula is C10H20O. The van der Waals surface area contributed by atoms with Crippen molar-refractivity contribution in [1.82, 2.24) is 0 Å². The van der Waals surface area contributed by atoms with Crippen LogP contribution in [0.15, 0.2) is 12.2 Å². The van der Waals surface area contributed by atoms with E-state index < -0.39 is 0 Å². The van der Waals surface area contributed by atoms with Gasteiger partial charge >= 0.3 is 0 Å². The van der Waals surface area contributed by atoms with Gasteiger partial charge in [0.1, 0.15) is 0 Å². The van der Waals surface area contributed by atoms with Gasteiger partial charge in [-0.3, -0.25) is 0 Å². The van der Waals surface area contributed by atoms with E-state index in [-0.39, 0.29) is 6.61 Å². The first-order valence-electron chi connectivity index (χ1n) is 4.62. The molecule has 1 N–H and O–H groups in total. The minimum absolute atomic E-state index is 0.184. The number of allylic oxidation sites excluding steroid dienone is 1. The standard InChI is InChI=1S/C10H20O/c1-3-6-10(7-4-2)8-5-9-11/h5,8,10-11H,3-4,6-7,9H2,1-2H3/b8-5+. The molecular weight excluding hydrogens is 136 g/mol. The molecule has 1 nitrogen and oxygen atoms in total. The predicted octanol–water partition coefficient (Wildman–Crippen LogP) is 2.75. The van der Waals surface area contributed by atoms with Crippen LogP contribution < -0.4 is 0 Å². The summed E-state index contributed by atoms with van der Waals surface area (Å²) in [5.41, 5.74) is 0. The molecule has 0 aliphatic carbocycles. The molecule has 0 aromatic heterocycles. The summed E-state index contributed by atoms with van der Waals surface area (Å²) in [7, 11) is 0. The van der Waals surface area contributed by atoms with Gasteiger partial charge in [-0.2, -0.15) is 0 Å². The van der Waals surface area contributed by atoms with Crippen molar-refractivity contribution in [2.45, 2.75) is 39.5 Å². The van der Waals surface area contributed by atoms with Crippen molar-refractivity contribution in [3.8, 4) is 0 Å². The molecule has 0 fully saturated rings. The van der Waals surface area contributed by atoms with Crippen LogP contribution in [0.4, 0.5) is 0 Å². The molecule has 0 spiro atoms. The minimum atomic E-state index is 0.184. The molecule has 0 saturated heterocycles. The highest BCUT2D eigenvalue weighted by Crippen LogP contribution is 2.14. The zero-order valence-electron chi connectivity index (χ0n) is 7.71. The number of rotatable bonds is 6. The van der Waals surface area contributed by atoms with E-state index in [4.69, 9.17) is 5.11 Å². The maximum absolute atomic E-state index is 8.56. The lowest BCUT2D eigenvalue weighted by Gasteiger charge is -2.08. The highest BCUT2D eigenvalue weighted by Gasteiger charge is 2.00. The molecule has 66 valence electrons. The Morgan fingerprint density at radius 2 is 1.73 bits per heavy atom. The van der Waals surface area contributed by atoms with Gasteiger partial charge in [-0.15, -0.1) is 0 Å². The summed E-state index contributed by atoms with van der Waals surface area (Å²) in [6.07, 6.45) is 8.98. The lowest BCUT2D eigenvalue weighted by Crippen LogP contribution is -1.95. The molecule has 0 aliphatic heterocycles. The lowest BCUT2D eigenvalue weighted by atomic mass is 9.98. The van der Waals surface area contributed by atoms with Gasteiger partial charge in [0.25, 0.3) is 0 Å². The third-order valence-corrected chi connectivity index (χ3v) is 1.83. The highest BCUT2D eigenvalue weighted by atomic mass is 16.2. The molecule has 0 atom stereocenters. The summed E-state index contributed by atoms with van der Waals surface area (Å²) in [6, 6.07) is 0. The Kier molecular flexibility index (Phi) is 7.59. The normalized spacial score (nSPS) is 11.6. The van der Waals surface area contributed by atoms with Crippen molar-refractivity contribution in [3.63, 3.8) is 0 Å². The number of aliphatic hydroxyl groups excluding tert-OH is 1. The summed E-state index contributed by atoms with van der Waals surface area (Å²) in [6.45, 7) is 4.59. The van der Waals surface area contributed by atoms with Crippen molar-refractivity contribution < 1.29 is 5.11 Å². The molecule has 0 aliphatic rings. The van der Waals surface area contributed by atoms with Crippen LogP contribution in [0.5, 0.6) is 0 Å². The van der Waals surface area contributed by atoms with E-state index >= 15 is 0 Å². The minimum Gasteiger partial charge on any atom is -0.392 e. The van der Waals surface area contributed by atoms with Gasteiger partial charge in [0.05, 0.1) is 6.61 Å². The number of aliphatic hydroxyl groups is 1. The summed E-state index contributed by atoms with van der Waals surface area (Å²) in [5.74, 6) is 0.692. The quantitative estimate of drug-likeness (QED) is 0.586. The lowest BCUT2D eigenvalue weighted by molar-refractivity contribution is 0.341. The van der Waals surface area contributed by atoms with Crippen LogP contribution >= 0.6 is 0 Å². The SMILES string of the molecule is CCCC(/C=C/CO)CCC. The van der Waals surface area contributed by atoms with Crippen LogP contribution in [0.1, 0.15) is 39.5 Å². The Labute approximate surface area is 70.1 Å². The van der Waals surface area contributed by atoms with Crippen molar-refractivity contribution in [2.24, 2.45) is 5.92 Å². The van der Waals surface area contributed by atoms with E-state index in [9.17, 15) is 0 Å². The molecule has 0 heterocycles. The van der Waals surface area contributed by atoms with Crippen molar-refractivity contribution >= 4 is 0 Å². The fourth-order valence-electron chi connectivity index (χ4n) is 1.33. The van der Waals surface area contributed by atoms with Crippen molar-refractivity contribution in [2.75, 3.05) is 6.61 Å². The van der Waals surface area contributed by atoms with Crippen LogP contribution in [0, 0.1) is 5.92 Å². The second-order valence-electron chi connectivity index (χ2n) is 2.95. The first-order chi connectivity index (χ1) is 5.35. The van der Waals surface area contributed by atoms with Crippen LogP contribution in [0.3, 0.4) is 0 Å². The third kappa shape index (κ3) is 6.11. The Balaban J connectivity index is 3.58. The van der Waals surface area contributed by atoms with Gasteiger partial charge in [-0.05, 0) is 18.8 Å². The molecule has 0 aromatic carbocycles. The zero-order valence-corrected chi connectivity index (χ0v) is 7.71. The summed E-state index contributed by atoms with van der Waals surface area (Å²) in [4.78, 5) is 0. The summed E-state index contributed by atoms with van der Waals surface area (Å²) >= 11 is 0. The van der Waals surface area contributed by atoms with Crippen molar-refractivity contribution in [1.29, 1.82) is 0 Å². The molecule has 0 aromatic rings. The molecule has 1 heteroatoms. The first-order valence-corrected chi connectivity index (χ1v) is 4.62. The highest BCUT2D eigenvalue weighted by molar-refractivity contribution is 4.87. The van der Waals surface area contributed by atoms with E-state index in [0.29, 0.717) is 5.92 Å². The van der Waals surface area contributed by atoms with Gasteiger partial charge in [-0.25, -0.2) is 0 Å². The predicted molar refractivity (Wildman–Crippen MR) is 49.5 cm³/mol. The van der Waals surface area contributed by atoms with E-state index in [1.165, 1.54) is 25.7 Å². The largest absolute Gasteiger partial charge is 0.392 e. The fraction of sp³-hybridized carbons (Fsp3) is 0.800. The summed E-state index contributed by atoms with van der Waals surface area (Å²) < 4.78 is 0. The maximum Gasteiger partial charge on any atom is 0.0612 e. The van der Waals surface area contributed by atoms with Gasteiger partial charge in [0, 0.05) is 0 Å². The third-order valence-electron chi connectivity index (χ3n) is 1.83. The van der Waals surface area contributed by atoms with E-state index in [2.05, 4.69) is 19.9 Å². The van der Waals surface area contributed by atoms with Crippen LogP contribution in [-0.2, 0) is 0 Å². The van der Waals surface area contributed by atoms with E-state index in [0.717, 1.165) is 0 Å². The van der Waals surface area contributed by atoms with Gasteiger partial charge in [-0.1, -0.05) is 38.8 Å². The second-order valence-corrected chi connectivity index (χ2v) is 2.95. The Morgan fingerprint density at radius 3 is 2.09 bits per heavy atom. The Morgan fingerprint density at radius 1 is 1.18 bits per heavy atom. The van der Waals surface area contributed by atoms with Crippen LogP contribution in [0.25, 0.3) is 0 Å².